The van der Waals surface area contributed by atoms with Gasteiger partial charge in [0.2, 0.25) is 5.76 Å². The van der Waals surface area contributed by atoms with E-state index in [0.717, 1.165) is 26.4 Å². The molecule has 0 aliphatic carbocycles. The van der Waals surface area contributed by atoms with E-state index >= 15 is 0 Å². The summed E-state index contributed by atoms with van der Waals surface area (Å²) in [6.45, 7) is 0. The first kappa shape index (κ1) is 15.5. The lowest BCUT2D eigenvalue weighted by atomic mass is 10.3. The van der Waals surface area contributed by atoms with Gasteiger partial charge in [-0.15, -0.1) is 0 Å². The maximum atomic E-state index is 13.5. The van der Waals surface area contributed by atoms with Gasteiger partial charge in [-0.05, 0) is 12.1 Å². The summed E-state index contributed by atoms with van der Waals surface area (Å²) in [5.41, 5.74) is 0. The van der Waals surface area contributed by atoms with E-state index in [1.54, 1.807) is 0 Å². The van der Waals surface area contributed by atoms with Crippen LogP contribution in [0.3, 0.4) is 0 Å². The molecule has 0 aliphatic heterocycles. The Labute approximate surface area is 114 Å². The predicted octanol–water partition coefficient (Wildman–Crippen LogP) is 1.44. The number of benzene rings is 1. The van der Waals surface area contributed by atoms with Crippen molar-refractivity contribution in [2.45, 2.75) is 0 Å². The standard InChI is InChI=1S/C13H13FO6/c1-17-11(15)7-10(13(16)19-3)20-9-6-4-5-8(14)12(9)18-2/h4-7H,1-3H3/b10-7+. The lowest BCUT2D eigenvalue weighted by Crippen LogP contribution is -2.14. The number of halogens is 1. The zero-order valence-electron chi connectivity index (χ0n) is 11.1. The number of para-hydroxylation sites is 1. The van der Waals surface area contributed by atoms with Gasteiger partial charge < -0.3 is 18.9 Å². The highest BCUT2D eigenvalue weighted by molar-refractivity contribution is 5.95. The van der Waals surface area contributed by atoms with Crippen LogP contribution in [-0.4, -0.2) is 33.3 Å². The van der Waals surface area contributed by atoms with Crippen molar-refractivity contribution in [2.24, 2.45) is 0 Å². The van der Waals surface area contributed by atoms with Crippen molar-refractivity contribution in [1.29, 1.82) is 0 Å². The lowest BCUT2D eigenvalue weighted by molar-refractivity contribution is -0.140. The van der Waals surface area contributed by atoms with Crippen LogP contribution in [-0.2, 0) is 19.1 Å². The Bertz CT molecular complexity index is 538. The Hall–Kier alpha value is -2.57. The molecule has 1 aromatic rings. The van der Waals surface area contributed by atoms with E-state index in [9.17, 15) is 14.0 Å². The smallest absolute Gasteiger partial charge is 0.374 e. The number of methoxy groups -OCH3 is 3. The van der Waals surface area contributed by atoms with E-state index in [1.807, 2.05) is 0 Å². The monoisotopic (exact) mass is 284 g/mol. The summed E-state index contributed by atoms with van der Waals surface area (Å²) in [7, 11) is 3.49. The van der Waals surface area contributed by atoms with Crippen molar-refractivity contribution in [1.82, 2.24) is 0 Å². The summed E-state index contributed by atoms with van der Waals surface area (Å²) in [6, 6.07) is 3.89. The molecule has 0 spiro atoms. The molecule has 6 nitrogen and oxygen atoms in total. The fraction of sp³-hybridized carbons (Fsp3) is 0.231. The molecule has 0 radical (unpaired) electrons. The van der Waals surface area contributed by atoms with Crippen LogP contribution < -0.4 is 9.47 Å². The maximum absolute atomic E-state index is 13.5. The summed E-state index contributed by atoms with van der Waals surface area (Å²) in [6.07, 6.45) is 0.788. The zero-order valence-corrected chi connectivity index (χ0v) is 11.1. The first-order valence-corrected chi connectivity index (χ1v) is 5.41. The van der Waals surface area contributed by atoms with Gasteiger partial charge in [0, 0.05) is 0 Å². The van der Waals surface area contributed by atoms with Crippen LogP contribution in [0.15, 0.2) is 30.0 Å². The molecule has 0 N–H and O–H groups in total. The van der Waals surface area contributed by atoms with Crippen LogP contribution in [0.4, 0.5) is 4.39 Å². The highest BCUT2D eigenvalue weighted by Crippen LogP contribution is 2.31. The summed E-state index contributed by atoms with van der Waals surface area (Å²) < 4.78 is 32.3. The third-order valence-electron chi connectivity index (χ3n) is 2.19. The molecule has 0 atom stereocenters. The number of esters is 2. The molecule has 0 aromatic heterocycles. The Morgan fingerprint density at radius 2 is 1.85 bits per heavy atom. The molecule has 0 heterocycles. The zero-order chi connectivity index (χ0) is 15.1. The minimum Gasteiger partial charge on any atom is -0.490 e. The van der Waals surface area contributed by atoms with E-state index in [4.69, 9.17) is 9.47 Å². The molecule has 0 bridgehead atoms. The van der Waals surface area contributed by atoms with Crippen LogP contribution in [0.5, 0.6) is 11.5 Å². The third-order valence-corrected chi connectivity index (χ3v) is 2.19. The first-order valence-electron chi connectivity index (χ1n) is 5.41. The van der Waals surface area contributed by atoms with Crippen LogP contribution >= 0.6 is 0 Å². The Morgan fingerprint density at radius 1 is 1.15 bits per heavy atom. The molecule has 20 heavy (non-hydrogen) atoms. The molecule has 0 aliphatic rings. The number of carbonyl (C=O) groups is 2. The number of ether oxygens (including phenoxy) is 4. The van der Waals surface area contributed by atoms with Crippen LogP contribution in [0.25, 0.3) is 0 Å². The third kappa shape index (κ3) is 3.71. The van der Waals surface area contributed by atoms with Crippen molar-refractivity contribution < 1.29 is 32.9 Å². The minimum absolute atomic E-state index is 0.0759. The van der Waals surface area contributed by atoms with Gasteiger partial charge >= 0.3 is 11.9 Å². The number of rotatable bonds is 5. The molecule has 108 valence electrons. The van der Waals surface area contributed by atoms with Gasteiger partial charge in [0.1, 0.15) is 0 Å². The first-order chi connectivity index (χ1) is 9.53. The topological polar surface area (TPSA) is 71.1 Å². The lowest BCUT2D eigenvalue weighted by Gasteiger charge is -2.11. The van der Waals surface area contributed by atoms with Gasteiger partial charge in [-0.1, -0.05) is 6.07 Å². The molecular formula is C13H13FO6. The van der Waals surface area contributed by atoms with E-state index in [2.05, 4.69) is 9.47 Å². The van der Waals surface area contributed by atoms with Crippen molar-refractivity contribution in [2.75, 3.05) is 21.3 Å². The number of carbonyl (C=O) groups excluding carboxylic acids is 2. The molecule has 1 aromatic carbocycles. The van der Waals surface area contributed by atoms with E-state index in [-0.39, 0.29) is 11.5 Å². The van der Waals surface area contributed by atoms with Gasteiger partial charge in [0.15, 0.2) is 17.3 Å². The molecule has 7 heteroatoms. The molecule has 0 saturated heterocycles. The van der Waals surface area contributed by atoms with Crippen LogP contribution in [0.2, 0.25) is 0 Å². The second-order valence-corrected chi connectivity index (χ2v) is 3.40. The second-order valence-electron chi connectivity index (χ2n) is 3.40. The molecule has 0 unspecified atom stereocenters. The molecule has 0 saturated carbocycles. The highest BCUT2D eigenvalue weighted by atomic mass is 19.1. The largest absolute Gasteiger partial charge is 0.490 e. The Balaban J connectivity index is 3.14. The minimum atomic E-state index is -0.915. The number of hydrogen-bond acceptors (Lipinski definition) is 6. The van der Waals surface area contributed by atoms with Crippen molar-refractivity contribution in [3.05, 3.63) is 35.9 Å². The summed E-state index contributed by atoms with van der Waals surface area (Å²) >= 11 is 0. The van der Waals surface area contributed by atoms with Gasteiger partial charge in [-0.3, -0.25) is 0 Å². The Kier molecular flexibility index (Phi) is 5.52. The highest BCUT2D eigenvalue weighted by Gasteiger charge is 2.19. The Morgan fingerprint density at radius 3 is 2.40 bits per heavy atom. The van der Waals surface area contributed by atoms with Gasteiger partial charge in [-0.25, -0.2) is 14.0 Å². The van der Waals surface area contributed by atoms with Crippen molar-refractivity contribution in [3.8, 4) is 11.5 Å². The summed E-state index contributed by atoms with van der Waals surface area (Å²) in [5, 5.41) is 0. The summed E-state index contributed by atoms with van der Waals surface area (Å²) in [5.74, 6) is -3.14. The molecular weight excluding hydrogens is 271 g/mol. The quantitative estimate of drug-likeness (QED) is 0.463. The van der Waals surface area contributed by atoms with Gasteiger partial charge in [-0.2, -0.15) is 0 Å². The van der Waals surface area contributed by atoms with Gasteiger partial charge in [0.05, 0.1) is 27.4 Å². The van der Waals surface area contributed by atoms with Crippen LogP contribution in [0, 0.1) is 5.82 Å². The molecule has 1 rings (SSSR count). The predicted molar refractivity (Wildman–Crippen MR) is 65.7 cm³/mol. The fourth-order valence-corrected chi connectivity index (χ4v) is 1.28. The summed E-state index contributed by atoms with van der Waals surface area (Å²) in [4.78, 5) is 22.7. The average molecular weight is 284 g/mol. The van der Waals surface area contributed by atoms with Gasteiger partial charge in [0.25, 0.3) is 0 Å². The van der Waals surface area contributed by atoms with Crippen molar-refractivity contribution >= 4 is 11.9 Å². The van der Waals surface area contributed by atoms with E-state index < -0.39 is 23.5 Å². The van der Waals surface area contributed by atoms with Crippen LogP contribution in [0.1, 0.15) is 0 Å². The second kappa shape index (κ2) is 7.13. The normalized spacial score (nSPS) is 10.7. The SMILES string of the molecule is COC(=O)/C=C(/Oc1cccc(F)c1OC)C(=O)OC. The maximum Gasteiger partial charge on any atom is 0.374 e. The molecule has 0 fully saturated rings. The van der Waals surface area contributed by atoms with E-state index in [0.29, 0.717) is 0 Å². The van der Waals surface area contributed by atoms with E-state index in [1.165, 1.54) is 19.2 Å². The molecule has 0 amide bonds. The fourth-order valence-electron chi connectivity index (χ4n) is 1.28. The number of hydrogen-bond donors (Lipinski definition) is 0. The van der Waals surface area contributed by atoms with Crippen molar-refractivity contribution in [3.63, 3.8) is 0 Å². The average Bonchev–Trinajstić information content (AvgIpc) is 2.45.